The van der Waals surface area contributed by atoms with Crippen LogP contribution in [-0.2, 0) is 16.1 Å². The van der Waals surface area contributed by atoms with Crippen LogP contribution in [0.5, 0.6) is 0 Å². The number of methoxy groups -OCH3 is 1. The van der Waals surface area contributed by atoms with Gasteiger partial charge >= 0.3 is 11.9 Å². The van der Waals surface area contributed by atoms with Gasteiger partial charge in [0.25, 0.3) is 0 Å². The average Bonchev–Trinajstić information content (AvgIpc) is 2.62. The van der Waals surface area contributed by atoms with Crippen molar-refractivity contribution in [1.82, 2.24) is 14.8 Å². The van der Waals surface area contributed by atoms with Crippen LogP contribution in [0.4, 0.5) is 5.95 Å². The van der Waals surface area contributed by atoms with E-state index >= 15 is 0 Å². The maximum atomic E-state index is 10.7. The van der Waals surface area contributed by atoms with Crippen LogP contribution < -0.4 is 0 Å². The van der Waals surface area contributed by atoms with Gasteiger partial charge in [0.1, 0.15) is 0 Å². The molecular formula is C6H8N4O4. The van der Waals surface area contributed by atoms with Gasteiger partial charge < -0.3 is 14.9 Å². The van der Waals surface area contributed by atoms with Gasteiger partial charge in [0, 0.05) is 5.10 Å². The molecule has 1 aromatic heterocycles. The van der Waals surface area contributed by atoms with Crippen LogP contribution >= 0.6 is 0 Å². The lowest BCUT2D eigenvalue weighted by molar-refractivity contribution is -0.394. The first-order valence-corrected chi connectivity index (χ1v) is 3.74. The molecule has 0 aliphatic heterocycles. The molecule has 0 bridgehead atoms. The number of nitro groups is 1. The number of hydrogen-bond acceptors (Lipinski definition) is 6. The summed E-state index contributed by atoms with van der Waals surface area (Å²) in [5.74, 6) is -0.877. The Labute approximate surface area is 78.6 Å². The third-order valence-electron chi connectivity index (χ3n) is 1.46. The quantitative estimate of drug-likeness (QED) is 0.377. The first-order chi connectivity index (χ1) is 6.63. The molecule has 0 aliphatic carbocycles. The van der Waals surface area contributed by atoms with E-state index in [2.05, 4.69) is 14.8 Å². The monoisotopic (exact) mass is 200 g/mol. The predicted octanol–water partition coefficient (Wildman–Crippen LogP) is -0.251. The number of carbonyl (C=O) groups is 1. The molecule has 8 heteroatoms. The summed E-state index contributed by atoms with van der Waals surface area (Å²) in [5, 5.41) is 13.7. The zero-order chi connectivity index (χ0) is 10.6. The number of nitrogens with zero attached hydrogens (tertiary/aromatic N) is 4. The normalized spacial score (nSPS) is 9.79. The summed E-state index contributed by atoms with van der Waals surface area (Å²) in [6.07, 6.45) is 1.30. The molecule has 0 aliphatic rings. The maximum absolute atomic E-state index is 10.7. The standard InChI is InChI=1S/C6H8N4O4/c1-14-5(11)2-3-9-4-7-6(8-9)10(12)13/h4H,2-3H2,1H3. The van der Waals surface area contributed by atoms with Crippen LogP contribution in [0, 0.1) is 10.1 Å². The molecule has 1 heterocycles. The van der Waals surface area contributed by atoms with Gasteiger partial charge in [0.2, 0.25) is 6.33 Å². The van der Waals surface area contributed by atoms with Crippen molar-refractivity contribution in [1.29, 1.82) is 0 Å². The third kappa shape index (κ3) is 2.51. The maximum Gasteiger partial charge on any atom is 0.490 e. The Morgan fingerprint density at radius 2 is 2.50 bits per heavy atom. The Bertz CT molecular complexity index is 347. The Morgan fingerprint density at radius 3 is 3.00 bits per heavy atom. The van der Waals surface area contributed by atoms with Crippen LogP contribution in [0.2, 0.25) is 0 Å². The van der Waals surface area contributed by atoms with E-state index in [1.54, 1.807) is 0 Å². The van der Waals surface area contributed by atoms with Crippen molar-refractivity contribution in [3.05, 3.63) is 16.4 Å². The molecule has 0 spiro atoms. The third-order valence-corrected chi connectivity index (χ3v) is 1.46. The molecule has 76 valence electrons. The molecule has 14 heavy (non-hydrogen) atoms. The summed E-state index contributed by atoms with van der Waals surface area (Å²) < 4.78 is 5.61. The first kappa shape index (κ1) is 10.1. The van der Waals surface area contributed by atoms with Gasteiger partial charge in [-0.3, -0.25) is 4.79 Å². The second-order valence-electron chi connectivity index (χ2n) is 2.39. The van der Waals surface area contributed by atoms with Crippen molar-refractivity contribution in [3.63, 3.8) is 0 Å². The van der Waals surface area contributed by atoms with Gasteiger partial charge in [-0.2, -0.15) is 4.68 Å². The van der Waals surface area contributed by atoms with Gasteiger partial charge in [0.15, 0.2) is 0 Å². The van der Waals surface area contributed by atoms with Gasteiger partial charge in [-0.25, -0.2) is 0 Å². The summed E-state index contributed by atoms with van der Waals surface area (Å²) in [4.78, 5) is 23.6. The number of ether oxygens (including phenoxy) is 1. The summed E-state index contributed by atoms with van der Waals surface area (Å²) in [7, 11) is 1.27. The van der Waals surface area contributed by atoms with Gasteiger partial charge in [-0.05, 0) is 4.92 Å². The van der Waals surface area contributed by atoms with E-state index in [4.69, 9.17) is 0 Å². The Morgan fingerprint density at radius 1 is 1.79 bits per heavy atom. The van der Waals surface area contributed by atoms with Crippen molar-refractivity contribution in [2.45, 2.75) is 13.0 Å². The van der Waals surface area contributed by atoms with Gasteiger partial charge in [-0.15, -0.1) is 0 Å². The molecule has 0 aromatic carbocycles. The van der Waals surface area contributed by atoms with Crippen molar-refractivity contribution in [2.24, 2.45) is 0 Å². The topological polar surface area (TPSA) is 100 Å². The highest BCUT2D eigenvalue weighted by Gasteiger charge is 2.13. The summed E-state index contributed by atoms with van der Waals surface area (Å²) in [6.45, 7) is 0.216. The van der Waals surface area contributed by atoms with Crippen molar-refractivity contribution < 1.29 is 14.5 Å². The van der Waals surface area contributed by atoms with Crippen molar-refractivity contribution >= 4 is 11.9 Å². The molecule has 8 nitrogen and oxygen atoms in total. The van der Waals surface area contributed by atoms with E-state index < -0.39 is 16.8 Å². The van der Waals surface area contributed by atoms with Crippen LogP contribution in [0.25, 0.3) is 0 Å². The summed E-state index contributed by atoms with van der Waals surface area (Å²) >= 11 is 0. The summed E-state index contributed by atoms with van der Waals surface area (Å²) in [6, 6.07) is 0. The molecule has 0 unspecified atom stereocenters. The number of esters is 1. The van der Waals surface area contributed by atoms with E-state index in [1.165, 1.54) is 18.1 Å². The van der Waals surface area contributed by atoms with Crippen LogP contribution in [0.1, 0.15) is 6.42 Å². The predicted molar refractivity (Wildman–Crippen MR) is 43.3 cm³/mol. The minimum atomic E-state index is -0.700. The van der Waals surface area contributed by atoms with Crippen molar-refractivity contribution in [2.75, 3.05) is 7.11 Å². The molecule has 0 saturated carbocycles. The zero-order valence-corrected chi connectivity index (χ0v) is 7.41. The highest BCUT2D eigenvalue weighted by Crippen LogP contribution is 2.00. The van der Waals surface area contributed by atoms with E-state index in [9.17, 15) is 14.9 Å². The number of aryl methyl sites for hydroxylation is 1. The number of hydrogen-bond donors (Lipinski definition) is 0. The minimum absolute atomic E-state index is 0.108. The molecule has 0 atom stereocenters. The average molecular weight is 200 g/mol. The highest BCUT2D eigenvalue weighted by molar-refractivity contribution is 5.68. The van der Waals surface area contributed by atoms with E-state index in [-0.39, 0.29) is 13.0 Å². The Balaban J connectivity index is 2.52. The van der Waals surface area contributed by atoms with Gasteiger partial charge in [-0.1, -0.05) is 4.98 Å². The molecular weight excluding hydrogens is 192 g/mol. The van der Waals surface area contributed by atoms with Crippen LogP contribution in [0.3, 0.4) is 0 Å². The molecule has 0 radical (unpaired) electrons. The SMILES string of the molecule is COC(=O)CCn1cnc([N+](=O)[O-])n1. The number of carbonyl (C=O) groups excluding carboxylic acids is 1. The molecule has 1 aromatic rings. The van der Waals surface area contributed by atoms with Crippen LogP contribution in [-0.4, -0.2) is 32.8 Å². The fraction of sp³-hybridized carbons (Fsp3) is 0.500. The van der Waals surface area contributed by atoms with Crippen LogP contribution in [0.15, 0.2) is 6.33 Å². The molecule has 0 saturated heterocycles. The lowest BCUT2D eigenvalue weighted by atomic mass is 10.4. The fourth-order valence-electron chi connectivity index (χ4n) is 0.784. The molecule has 0 N–H and O–H groups in total. The largest absolute Gasteiger partial charge is 0.490 e. The minimum Gasteiger partial charge on any atom is -0.469 e. The smallest absolute Gasteiger partial charge is 0.469 e. The summed E-state index contributed by atoms with van der Waals surface area (Å²) in [5.41, 5.74) is 0. The lowest BCUT2D eigenvalue weighted by Gasteiger charge is -1.95. The van der Waals surface area contributed by atoms with Gasteiger partial charge in [0.05, 0.1) is 20.1 Å². The number of rotatable bonds is 4. The van der Waals surface area contributed by atoms with Crippen molar-refractivity contribution in [3.8, 4) is 0 Å². The second kappa shape index (κ2) is 4.30. The second-order valence-corrected chi connectivity index (χ2v) is 2.39. The first-order valence-electron chi connectivity index (χ1n) is 3.74. The van der Waals surface area contributed by atoms with E-state index in [0.29, 0.717) is 0 Å². The van der Waals surface area contributed by atoms with E-state index in [1.807, 2.05) is 0 Å². The van der Waals surface area contributed by atoms with E-state index in [0.717, 1.165) is 0 Å². The lowest BCUT2D eigenvalue weighted by Crippen LogP contribution is -2.07. The highest BCUT2D eigenvalue weighted by atomic mass is 16.6. The molecule has 0 amide bonds. The number of aromatic nitrogens is 3. The Kier molecular flexibility index (Phi) is 3.10. The fourth-order valence-corrected chi connectivity index (χ4v) is 0.784. The Hall–Kier alpha value is -1.99. The zero-order valence-electron chi connectivity index (χ0n) is 7.41. The molecule has 0 fully saturated rings. The molecule has 1 rings (SSSR count).